The SMILES string of the molecule is CC(C)C[C@@H]1NP(=O)(Oc2cccc3ccccc23)OCC2OC(n3cnc4c(nc(N)nc43)OCCCCCCCOC1=O)[C@](C)(O)[C@@H]2O.CNc1nc2c3ncn(c3n1)C1OC(COP(=O)(Oc3cccc4ccccc34)N[C@@H](CC(C)C)C(=O)OCCCC=CCCO2)[C@@H](O)[C@@]1(C)O. The molecule has 9 N–H and O–H groups in total. The van der Waals surface area contributed by atoms with E-state index >= 15 is 0 Å². The maximum Gasteiger partial charge on any atom is 0.459 e. The topological polar surface area (TPSA) is 391 Å². The molecule has 32 heteroatoms. The zero-order valence-corrected chi connectivity index (χ0v) is 59.3. The minimum Gasteiger partial charge on any atom is -0.476 e. The van der Waals surface area contributed by atoms with Crippen molar-refractivity contribution in [2.45, 2.75) is 166 Å². The molecule has 30 nitrogen and oxygen atoms in total. The van der Waals surface area contributed by atoms with Gasteiger partial charge in [-0.05, 0) is 93.5 Å². The number of rotatable bonds is 9. The predicted octanol–water partition coefficient (Wildman–Crippen LogP) is 9.57. The number of fused-ring (bicyclic) bond motifs is 8. The molecule has 0 amide bonds. The Hall–Kier alpha value is -7.96. The highest BCUT2D eigenvalue weighted by atomic mass is 31.2. The van der Waals surface area contributed by atoms with E-state index < -0.39 is 101 Å². The fraction of sp³-hybridized carbons (Fsp3) is 0.507. The van der Waals surface area contributed by atoms with Crippen molar-refractivity contribution in [1.29, 1.82) is 0 Å². The molecule has 4 aliphatic heterocycles. The van der Waals surface area contributed by atoms with Crippen LogP contribution in [0.3, 0.4) is 0 Å². The number of nitrogen functional groups attached to an aromatic ring is 1. The molecule has 101 heavy (non-hydrogen) atoms. The van der Waals surface area contributed by atoms with Crippen LogP contribution in [-0.4, -0.2) is 166 Å². The van der Waals surface area contributed by atoms with Gasteiger partial charge in [0.25, 0.3) is 0 Å². The van der Waals surface area contributed by atoms with Gasteiger partial charge in [-0.3, -0.25) is 27.8 Å². The fourth-order valence-electron chi connectivity index (χ4n) is 12.4. The van der Waals surface area contributed by atoms with E-state index in [1.165, 1.54) is 35.6 Å². The maximum absolute atomic E-state index is 14.8. The van der Waals surface area contributed by atoms with Gasteiger partial charge in [-0.25, -0.2) is 19.1 Å². The molecule has 4 aromatic carbocycles. The molecule has 6 unspecified atom stereocenters. The monoisotopic (exact) mass is 1440 g/mol. The molecule has 8 aromatic rings. The number of nitrogens with one attached hydrogen (secondary N) is 3. The average molecular weight is 1440 g/mol. The highest BCUT2D eigenvalue weighted by Gasteiger charge is 2.56. The number of carbonyl (C=O) groups is 2. The molecule has 0 radical (unpaired) electrons. The number of cyclic esters (lactones) is 2. The second-order valence-corrected chi connectivity index (χ2v) is 30.0. The molecule has 2 fully saturated rings. The highest BCUT2D eigenvalue weighted by Crippen LogP contribution is 2.51. The van der Waals surface area contributed by atoms with Crippen LogP contribution in [0.2, 0.25) is 0 Å². The van der Waals surface area contributed by atoms with E-state index in [2.05, 4.69) is 45.4 Å². The number of ether oxygens (including phenoxy) is 6. The zero-order chi connectivity index (χ0) is 71.6. The van der Waals surface area contributed by atoms with Gasteiger partial charge in [-0.2, -0.15) is 30.1 Å². The Labute approximate surface area is 584 Å². The predicted molar refractivity (Wildman–Crippen MR) is 374 cm³/mol. The van der Waals surface area contributed by atoms with Crippen molar-refractivity contribution in [3.8, 4) is 23.3 Å². The molecule has 4 aromatic heterocycles. The summed E-state index contributed by atoms with van der Waals surface area (Å²) in [7, 11) is -7.16. The number of allylic oxidation sites excluding steroid dienone is 1. The maximum atomic E-state index is 14.8. The smallest absolute Gasteiger partial charge is 0.459 e. The number of aliphatic hydroxyl groups excluding tert-OH is 2. The van der Waals surface area contributed by atoms with Crippen molar-refractivity contribution in [2.24, 2.45) is 11.8 Å². The normalized spacial score (nSPS) is 28.6. The minimum atomic E-state index is -4.41. The van der Waals surface area contributed by atoms with Gasteiger partial charge in [0, 0.05) is 17.8 Å². The van der Waals surface area contributed by atoms with Gasteiger partial charge in [0.05, 0.1) is 52.3 Å². The first-order valence-corrected chi connectivity index (χ1v) is 37.2. The van der Waals surface area contributed by atoms with Crippen molar-refractivity contribution in [3.63, 3.8) is 0 Å². The lowest BCUT2D eigenvalue weighted by Gasteiger charge is -2.28. The Kier molecular flexibility index (Phi) is 23.9. The molecule has 12 rings (SSSR count). The molecular formula is C69H90N12O18P2. The third-order valence-electron chi connectivity index (χ3n) is 17.6. The molecule has 12 atom stereocenters. The van der Waals surface area contributed by atoms with Crippen LogP contribution in [0, 0.1) is 11.8 Å². The van der Waals surface area contributed by atoms with Crippen LogP contribution in [0.25, 0.3) is 43.9 Å². The summed E-state index contributed by atoms with van der Waals surface area (Å²) in [6.07, 6.45) is 5.29. The summed E-state index contributed by atoms with van der Waals surface area (Å²) >= 11 is 0. The van der Waals surface area contributed by atoms with E-state index in [9.17, 15) is 39.1 Å². The molecular weight excluding hydrogens is 1350 g/mol. The summed E-state index contributed by atoms with van der Waals surface area (Å²) in [5, 5.41) is 57.6. The number of anilines is 2. The number of imidazole rings is 2. The van der Waals surface area contributed by atoms with E-state index in [4.69, 9.17) is 52.2 Å². The summed E-state index contributed by atoms with van der Waals surface area (Å²) in [6.45, 7) is 10.6. The van der Waals surface area contributed by atoms with E-state index in [0.29, 0.717) is 66.4 Å². The van der Waals surface area contributed by atoms with Gasteiger partial charge >= 0.3 is 27.4 Å². The van der Waals surface area contributed by atoms with Crippen LogP contribution in [0.5, 0.6) is 23.3 Å². The molecule has 544 valence electrons. The second-order valence-electron chi connectivity index (χ2n) is 26.6. The van der Waals surface area contributed by atoms with Crippen molar-refractivity contribution < 1.29 is 85.7 Å². The molecule has 0 aliphatic carbocycles. The van der Waals surface area contributed by atoms with Crippen LogP contribution in [0.15, 0.2) is 110 Å². The molecule has 12 bridgehead atoms. The number of nitrogens with two attached hydrogens (primary N) is 1. The summed E-state index contributed by atoms with van der Waals surface area (Å²) in [6, 6.07) is 23.4. The number of aliphatic hydroxyl groups is 4. The Morgan fingerprint density at radius 2 is 1.04 bits per heavy atom. The third-order valence-corrected chi connectivity index (χ3v) is 20.7. The molecule has 0 saturated carbocycles. The standard InChI is InChI=1S/C35H45N6O9P.C34H45N6O9P/c1-22(2)19-25-32(43)47-18-11-7-5-6-10-17-46-31-28-30(38-34(36-4)39-31)41(21-37-28)33-35(3,44)29(42)27(49-33)20-48-51(45,40-25)50-26-16-12-14-23-13-8-9-15-24(23)26;1-21(2)18-24-31(42)46-17-10-6-4-5-9-16-45-30-27-29(37-33(35)38-30)40(20-36-27)32-34(3,43)28(41)26(48-32)19-47-50(44,39-24)49-25-15-11-13-22-12-7-8-14-23(22)25/h5-6,8-9,12-16,21-22,25,27,29,33,42,44H,7,10-11,17-20H2,1-4H3,(H,40,45)(H,36,38,39);7-8,11-15,20-21,24,26,28,32,41,43H,4-6,9-10,16-19H2,1-3H3,(H,39,44)(H2,35,37,38)/t25-,27?,29+,33?,35+,51?;24-,26?,28+,32?,34+,50?/m00/s1. The van der Waals surface area contributed by atoms with Crippen molar-refractivity contribution in [1.82, 2.24) is 49.2 Å². The van der Waals surface area contributed by atoms with Crippen molar-refractivity contribution in [2.75, 3.05) is 57.7 Å². The van der Waals surface area contributed by atoms with E-state index in [0.717, 1.165) is 36.5 Å². The highest BCUT2D eigenvalue weighted by molar-refractivity contribution is 7.52. The Balaban J connectivity index is 0.000000203. The number of hydrogen-bond donors (Lipinski definition) is 8. The van der Waals surface area contributed by atoms with Crippen LogP contribution in [0.4, 0.5) is 11.9 Å². The summed E-state index contributed by atoms with van der Waals surface area (Å²) in [4.78, 5) is 53.2. The quantitative estimate of drug-likeness (QED) is 0.0378. The number of nitrogens with zero attached hydrogens (tertiary/aromatic N) is 8. The fourth-order valence-corrected chi connectivity index (χ4v) is 15.4. The van der Waals surface area contributed by atoms with Crippen LogP contribution >= 0.6 is 15.5 Å². The summed E-state index contributed by atoms with van der Waals surface area (Å²) in [5.41, 5.74) is 3.43. The first-order chi connectivity index (χ1) is 48.4. The third kappa shape index (κ3) is 17.6. The zero-order valence-electron chi connectivity index (χ0n) is 57.5. The molecule has 0 spiro atoms. The number of aromatic nitrogens is 8. The van der Waals surface area contributed by atoms with Crippen LogP contribution in [0.1, 0.15) is 118 Å². The molecule has 4 aliphatic rings. The molecule has 2 saturated heterocycles. The minimum absolute atomic E-state index is 0.0124. The average Bonchev–Trinajstić information content (AvgIpc) is 1.60. The van der Waals surface area contributed by atoms with E-state index in [-0.39, 0.29) is 78.7 Å². The van der Waals surface area contributed by atoms with Crippen LogP contribution in [-0.2, 0) is 46.7 Å². The van der Waals surface area contributed by atoms with Gasteiger partial charge in [0.15, 0.2) is 34.8 Å². The largest absolute Gasteiger partial charge is 0.476 e. The first-order valence-electron chi connectivity index (χ1n) is 34.1. The van der Waals surface area contributed by atoms with E-state index in [1.54, 1.807) is 31.3 Å². The van der Waals surface area contributed by atoms with Gasteiger partial charge in [0.1, 0.15) is 59.2 Å². The molecule has 8 heterocycles. The van der Waals surface area contributed by atoms with Gasteiger partial charge < -0.3 is 68.9 Å². The number of esters is 2. The number of carbonyl (C=O) groups excluding carboxylic acids is 2. The first kappa shape index (κ1) is 74.2. The lowest BCUT2D eigenvalue weighted by molar-refractivity contribution is -0.147. The Bertz CT molecular complexity index is 4300. The van der Waals surface area contributed by atoms with Gasteiger partial charge in [-0.1, -0.05) is 132 Å². The Morgan fingerprint density at radius 3 is 1.55 bits per heavy atom. The lowest BCUT2D eigenvalue weighted by atomic mass is 9.96. The lowest BCUT2D eigenvalue weighted by Crippen LogP contribution is -2.44. The van der Waals surface area contributed by atoms with Crippen LogP contribution < -0.4 is 39.7 Å². The second kappa shape index (κ2) is 32.6. The number of hydrogen-bond acceptors (Lipinski definition) is 26. The Morgan fingerprint density at radius 1 is 0.594 bits per heavy atom. The van der Waals surface area contributed by atoms with Crippen molar-refractivity contribution >= 4 is 83.2 Å². The van der Waals surface area contributed by atoms with Gasteiger partial charge in [0.2, 0.25) is 23.7 Å². The summed E-state index contributed by atoms with van der Waals surface area (Å²) < 4.78 is 92.3. The number of benzene rings is 4. The summed E-state index contributed by atoms with van der Waals surface area (Å²) in [5.74, 6) is -0.0162. The van der Waals surface area contributed by atoms with Crippen molar-refractivity contribution in [3.05, 3.63) is 110 Å². The van der Waals surface area contributed by atoms with Gasteiger partial charge in [-0.15, -0.1) is 0 Å². The van der Waals surface area contributed by atoms with E-state index in [1.807, 2.05) is 101 Å².